The first kappa shape index (κ1) is 11.5. The molecule has 0 N–H and O–H groups in total. The Labute approximate surface area is 102 Å². The number of aromatic nitrogens is 1. The largest absolute Gasteiger partial charge is 0.351 e. The molecule has 0 radical (unpaired) electrons. The van der Waals surface area contributed by atoms with Crippen molar-refractivity contribution in [3.05, 3.63) is 72.4 Å². The van der Waals surface area contributed by atoms with E-state index >= 15 is 0 Å². The number of aryl methyl sites for hydroxylation is 2. The minimum Gasteiger partial charge on any atom is -0.351 e. The first-order valence-corrected chi connectivity index (χ1v) is 5.79. The molecular weight excluding hydrogens is 206 g/mol. The van der Waals surface area contributed by atoms with Crippen molar-refractivity contribution < 1.29 is 0 Å². The quantitative estimate of drug-likeness (QED) is 0.539. The van der Waals surface area contributed by atoms with Crippen molar-refractivity contribution in [1.82, 2.24) is 4.57 Å². The molecule has 0 saturated carbocycles. The molecule has 0 atom stereocenters. The van der Waals surface area contributed by atoms with Crippen LogP contribution in [0, 0.1) is 6.92 Å². The molecule has 1 heteroatoms. The van der Waals surface area contributed by atoms with Gasteiger partial charge in [-0.2, -0.15) is 0 Å². The lowest BCUT2D eigenvalue weighted by Gasteiger charge is -1.92. The van der Waals surface area contributed by atoms with E-state index in [1.54, 1.807) is 0 Å². The zero-order valence-corrected chi connectivity index (χ0v) is 10.3. The Kier molecular flexibility index (Phi) is 3.61. The minimum absolute atomic E-state index is 1.29. The second kappa shape index (κ2) is 5.35. The Balaban J connectivity index is 0.000000136. The Morgan fingerprint density at radius 3 is 2.00 bits per heavy atom. The predicted molar refractivity (Wildman–Crippen MR) is 74.1 cm³/mol. The van der Waals surface area contributed by atoms with Gasteiger partial charge in [0.05, 0.1) is 0 Å². The zero-order valence-electron chi connectivity index (χ0n) is 10.3. The highest BCUT2D eigenvalue weighted by Crippen LogP contribution is 2.12. The number of para-hydroxylation sites is 1. The average molecular weight is 223 g/mol. The van der Waals surface area contributed by atoms with Crippen LogP contribution in [0.15, 0.2) is 66.9 Å². The molecule has 86 valence electrons. The van der Waals surface area contributed by atoms with Gasteiger partial charge in [0.2, 0.25) is 0 Å². The van der Waals surface area contributed by atoms with Crippen LogP contribution in [-0.4, -0.2) is 4.57 Å². The summed E-state index contributed by atoms with van der Waals surface area (Å²) in [4.78, 5) is 0. The molecule has 17 heavy (non-hydrogen) atoms. The molecule has 1 nitrogen and oxygen atoms in total. The van der Waals surface area contributed by atoms with E-state index in [0.29, 0.717) is 0 Å². The SMILES string of the molecule is Cc1ccccc1.Cn1ccc2ccccc21. The standard InChI is InChI=1S/C9H9N.C7H8/c1-10-7-6-8-4-2-3-5-9(8)10;1-7-5-3-2-4-6-7/h2-7H,1H3;2-6H,1H3. The molecule has 0 bridgehead atoms. The van der Waals surface area contributed by atoms with Crippen molar-refractivity contribution in [2.45, 2.75) is 6.92 Å². The lowest BCUT2D eigenvalue weighted by Crippen LogP contribution is -1.81. The summed E-state index contributed by atoms with van der Waals surface area (Å²) in [5.74, 6) is 0. The number of fused-ring (bicyclic) bond motifs is 1. The van der Waals surface area contributed by atoms with Crippen LogP contribution in [0.3, 0.4) is 0 Å². The van der Waals surface area contributed by atoms with Gasteiger partial charge in [-0.05, 0) is 24.4 Å². The van der Waals surface area contributed by atoms with Crippen LogP contribution < -0.4 is 0 Å². The van der Waals surface area contributed by atoms with E-state index in [1.165, 1.54) is 16.5 Å². The Morgan fingerprint density at radius 1 is 0.765 bits per heavy atom. The average Bonchev–Trinajstić information content (AvgIpc) is 2.74. The van der Waals surface area contributed by atoms with Crippen molar-refractivity contribution in [1.29, 1.82) is 0 Å². The highest BCUT2D eigenvalue weighted by atomic mass is 14.9. The summed E-state index contributed by atoms with van der Waals surface area (Å²) in [6, 6.07) is 20.7. The van der Waals surface area contributed by atoms with Crippen LogP contribution in [0.4, 0.5) is 0 Å². The van der Waals surface area contributed by atoms with Gasteiger partial charge >= 0.3 is 0 Å². The Hall–Kier alpha value is -2.02. The molecule has 2 aromatic carbocycles. The molecule has 0 fully saturated rings. The Morgan fingerprint density at radius 2 is 1.41 bits per heavy atom. The number of benzene rings is 2. The first-order valence-electron chi connectivity index (χ1n) is 5.79. The normalized spacial score (nSPS) is 9.76. The molecule has 3 rings (SSSR count). The van der Waals surface area contributed by atoms with Gasteiger partial charge in [-0.3, -0.25) is 0 Å². The van der Waals surface area contributed by atoms with Crippen LogP contribution in [-0.2, 0) is 7.05 Å². The first-order chi connectivity index (χ1) is 8.27. The molecule has 0 spiro atoms. The van der Waals surface area contributed by atoms with Gasteiger partial charge in [-0.25, -0.2) is 0 Å². The van der Waals surface area contributed by atoms with Gasteiger partial charge < -0.3 is 4.57 Å². The third-order valence-electron chi connectivity index (χ3n) is 2.73. The molecule has 1 aromatic heterocycles. The lowest BCUT2D eigenvalue weighted by molar-refractivity contribution is 0.969. The minimum atomic E-state index is 1.29. The molecule has 0 aliphatic rings. The fourth-order valence-corrected chi connectivity index (χ4v) is 1.76. The molecule has 1 heterocycles. The van der Waals surface area contributed by atoms with Gasteiger partial charge in [0.15, 0.2) is 0 Å². The van der Waals surface area contributed by atoms with E-state index in [9.17, 15) is 0 Å². The fourth-order valence-electron chi connectivity index (χ4n) is 1.76. The summed E-state index contributed by atoms with van der Waals surface area (Å²) < 4.78 is 2.12. The summed E-state index contributed by atoms with van der Waals surface area (Å²) in [7, 11) is 2.06. The van der Waals surface area contributed by atoms with Crippen LogP contribution in [0.5, 0.6) is 0 Å². The molecule has 0 unspecified atom stereocenters. The summed E-state index contributed by atoms with van der Waals surface area (Å²) >= 11 is 0. The van der Waals surface area contributed by atoms with E-state index in [0.717, 1.165) is 0 Å². The fraction of sp³-hybridized carbons (Fsp3) is 0.125. The van der Waals surface area contributed by atoms with Gasteiger partial charge in [-0.1, -0.05) is 54.1 Å². The molecule has 3 aromatic rings. The van der Waals surface area contributed by atoms with Crippen molar-refractivity contribution in [2.75, 3.05) is 0 Å². The van der Waals surface area contributed by atoms with Gasteiger partial charge in [0.25, 0.3) is 0 Å². The van der Waals surface area contributed by atoms with Crippen molar-refractivity contribution in [3.8, 4) is 0 Å². The Bertz CT molecular complexity index is 579. The van der Waals surface area contributed by atoms with Crippen LogP contribution >= 0.6 is 0 Å². The lowest BCUT2D eigenvalue weighted by atomic mass is 10.2. The molecule has 0 aliphatic carbocycles. The third-order valence-corrected chi connectivity index (χ3v) is 2.73. The number of nitrogens with zero attached hydrogens (tertiary/aromatic N) is 1. The van der Waals surface area contributed by atoms with Crippen LogP contribution in [0.2, 0.25) is 0 Å². The highest BCUT2D eigenvalue weighted by molar-refractivity contribution is 5.79. The highest BCUT2D eigenvalue weighted by Gasteiger charge is 1.92. The molecule has 0 aliphatic heterocycles. The number of rotatable bonds is 0. The van der Waals surface area contributed by atoms with Crippen molar-refractivity contribution in [3.63, 3.8) is 0 Å². The van der Waals surface area contributed by atoms with Crippen molar-refractivity contribution >= 4 is 10.9 Å². The topological polar surface area (TPSA) is 4.93 Å². The van der Waals surface area contributed by atoms with Crippen LogP contribution in [0.25, 0.3) is 10.9 Å². The summed E-state index contributed by atoms with van der Waals surface area (Å²) in [5, 5.41) is 1.31. The summed E-state index contributed by atoms with van der Waals surface area (Å²) in [6.45, 7) is 2.08. The number of hydrogen-bond donors (Lipinski definition) is 0. The van der Waals surface area contributed by atoms with E-state index in [-0.39, 0.29) is 0 Å². The van der Waals surface area contributed by atoms with Gasteiger partial charge in [-0.15, -0.1) is 0 Å². The maximum Gasteiger partial charge on any atom is 0.0477 e. The van der Waals surface area contributed by atoms with E-state index in [2.05, 4.69) is 67.2 Å². The molecule has 0 amide bonds. The van der Waals surface area contributed by atoms with E-state index in [1.807, 2.05) is 18.2 Å². The second-order valence-corrected chi connectivity index (χ2v) is 4.14. The predicted octanol–water partition coefficient (Wildman–Crippen LogP) is 4.17. The second-order valence-electron chi connectivity index (χ2n) is 4.14. The van der Waals surface area contributed by atoms with E-state index < -0.39 is 0 Å². The van der Waals surface area contributed by atoms with Crippen molar-refractivity contribution in [2.24, 2.45) is 7.05 Å². The monoisotopic (exact) mass is 223 g/mol. The summed E-state index contributed by atoms with van der Waals surface area (Å²) in [5.41, 5.74) is 2.62. The molecule has 0 saturated heterocycles. The maximum absolute atomic E-state index is 2.12. The summed E-state index contributed by atoms with van der Waals surface area (Å²) in [6.07, 6.45) is 2.07. The number of hydrogen-bond acceptors (Lipinski definition) is 0. The smallest absolute Gasteiger partial charge is 0.0477 e. The van der Waals surface area contributed by atoms with Gasteiger partial charge in [0.1, 0.15) is 0 Å². The maximum atomic E-state index is 2.12. The molecular formula is C16H17N. The zero-order chi connectivity index (χ0) is 12.1. The third kappa shape index (κ3) is 2.97. The van der Waals surface area contributed by atoms with Gasteiger partial charge in [0, 0.05) is 18.8 Å². The van der Waals surface area contributed by atoms with Crippen LogP contribution in [0.1, 0.15) is 5.56 Å². The van der Waals surface area contributed by atoms with E-state index in [4.69, 9.17) is 0 Å².